The van der Waals surface area contributed by atoms with Crippen molar-refractivity contribution in [2.75, 3.05) is 6.54 Å². The third-order valence-electron chi connectivity index (χ3n) is 3.01. The van der Waals surface area contributed by atoms with Gasteiger partial charge in [0, 0.05) is 6.04 Å². The van der Waals surface area contributed by atoms with E-state index in [1.165, 1.54) is 6.07 Å². The van der Waals surface area contributed by atoms with Gasteiger partial charge in [-0.25, -0.2) is 13.6 Å². The molecule has 0 saturated heterocycles. The predicted octanol–water partition coefficient (Wildman–Crippen LogP) is 2.42. The Kier molecular flexibility index (Phi) is 5.12. The van der Waals surface area contributed by atoms with Gasteiger partial charge in [0.2, 0.25) is 10.0 Å². The summed E-state index contributed by atoms with van der Waals surface area (Å²) in [6.07, 6.45) is 1.06. The number of rotatable bonds is 5. The van der Waals surface area contributed by atoms with Crippen molar-refractivity contribution in [3.05, 3.63) is 29.8 Å². The molecule has 108 valence electrons. The van der Waals surface area contributed by atoms with E-state index in [-0.39, 0.29) is 16.4 Å². The van der Waals surface area contributed by atoms with Gasteiger partial charge in [-0.1, -0.05) is 32.9 Å². The molecule has 3 N–H and O–H groups in total. The summed E-state index contributed by atoms with van der Waals surface area (Å²) in [5, 5.41) is 8.53. The van der Waals surface area contributed by atoms with Crippen LogP contribution in [0.5, 0.6) is 0 Å². The number of hydrogen-bond acceptors (Lipinski definition) is 3. The minimum absolute atomic E-state index is 0.101. The first-order valence-electron chi connectivity index (χ1n) is 6.46. The third-order valence-corrected chi connectivity index (χ3v) is 3.92. The van der Waals surface area contributed by atoms with Crippen LogP contribution < -0.4 is 10.5 Å². The van der Waals surface area contributed by atoms with Gasteiger partial charge in [-0.15, -0.1) is 0 Å². The van der Waals surface area contributed by atoms with Crippen molar-refractivity contribution in [1.82, 2.24) is 5.32 Å². The normalized spacial score (nSPS) is 14.4. The molecular weight excluding hydrogens is 260 g/mol. The lowest BCUT2D eigenvalue weighted by Crippen LogP contribution is -2.24. The number of nitrogens with two attached hydrogens (primary N) is 1. The Bertz CT molecular complexity index is 518. The molecule has 0 aliphatic heterocycles. The summed E-state index contributed by atoms with van der Waals surface area (Å²) in [4.78, 5) is 0.162. The maximum absolute atomic E-state index is 11.3. The first kappa shape index (κ1) is 16.1. The van der Waals surface area contributed by atoms with Crippen molar-refractivity contribution >= 4 is 10.0 Å². The number of benzene rings is 1. The Balaban J connectivity index is 2.70. The third kappa shape index (κ3) is 5.72. The van der Waals surface area contributed by atoms with Crippen LogP contribution in [-0.2, 0) is 10.0 Å². The van der Waals surface area contributed by atoms with E-state index in [0.29, 0.717) is 0 Å². The molecule has 0 aliphatic rings. The molecule has 4 nitrogen and oxygen atoms in total. The van der Waals surface area contributed by atoms with E-state index in [4.69, 9.17) is 5.14 Å². The smallest absolute Gasteiger partial charge is 0.238 e. The lowest BCUT2D eigenvalue weighted by molar-refractivity contribution is 0.358. The topological polar surface area (TPSA) is 72.2 Å². The summed E-state index contributed by atoms with van der Waals surface area (Å²) >= 11 is 0. The predicted molar refractivity (Wildman–Crippen MR) is 78.3 cm³/mol. The minimum atomic E-state index is -3.63. The summed E-state index contributed by atoms with van der Waals surface area (Å²) in [6.45, 7) is 9.50. The summed E-state index contributed by atoms with van der Waals surface area (Å²) in [5.41, 5.74) is 1.22. The molecule has 0 saturated carbocycles. The molecule has 0 aromatic heterocycles. The maximum atomic E-state index is 11.3. The van der Waals surface area contributed by atoms with Gasteiger partial charge in [0.15, 0.2) is 0 Å². The minimum Gasteiger partial charge on any atom is -0.310 e. The Labute approximate surface area is 116 Å². The number of hydrogen-bond donors (Lipinski definition) is 2. The van der Waals surface area contributed by atoms with Crippen LogP contribution in [0.3, 0.4) is 0 Å². The van der Waals surface area contributed by atoms with Crippen LogP contribution in [0.2, 0.25) is 0 Å². The summed E-state index contributed by atoms with van der Waals surface area (Å²) in [6, 6.07) is 6.87. The van der Waals surface area contributed by atoms with Crippen LogP contribution >= 0.6 is 0 Å². The molecule has 1 aromatic rings. The van der Waals surface area contributed by atoms with Crippen molar-refractivity contribution in [2.45, 2.75) is 45.1 Å². The van der Waals surface area contributed by atoms with Crippen molar-refractivity contribution in [3.8, 4) is 0 Å². The van der Waals surface area contributed by atoms with Crippen molar-refractivity contribution in [3.63, 3.8) is 0 Å². The van der Waals surface area contributed by atoms with Crippen molar-refractivity contribution in [1.29, 1.82) is 0 Å². The van der Waals surface area contributed by atoms with Crippen molar-refractivity contribution < 1.29 is 8.42 Å². The van der Waals surface area contributed by atoms with Gasteiger partial charge in [0.25, 0.3) is 0 Å². The maximum Gasteiger partial charge on any atom is 0.238 e. The second kappa shape index (κ2) is 6.03. The Morgan fingerprint density at radius 2 is 1.95 bits per heavy atom. The average Bonchev–Trinajstić information content (AvgIpc) is 2.26. The lowest BCUT2D eigenvalue weighted by atomic mass is 9.92. The summed E-state index contributed by atoms with van der Waals surface area (Å²) in [7, 11) is -3.63. The van der Waals surface area contributed by atoms with E-state index in [1.54, 1.807) is 12.1 Å². The van der Waals surface area contributed by atoms with E-state index in [0.717, 1.165) is 18.5 Å². The van der Waals surface area contributed by atoms with E-state index < -0.39 is 10.0 Å². The monoisotopic (exact) mass is 284 g/mol. The molecule has 0 amide bonds. The average molecular weight is 284 g/mol. The zero-order valence-corrected chi connectivity index (χ0v) is 12.9. The van der Waals surface area contributed by atoms with Crippen LogP contribution in [-0.4, -0.2) is 15.0 Å². The molecule has 1 aromatic carbocycles. The first-order valence-corrected chi connectivity index (χ1v) is 8.00. The standard InChI is InChI=1S/C14H24N2O2S/c1-11(16-9-8-14(2,3)4)12-6-5-7-13(10-12)19(15,17)18/h5-7,10-11,16H,8-9H2,1-4H3,(H2,15,17,18). The molecule has 0 fully saturated rings. The highest BCUT2D eigenvalue weighted by molar-refractivity contribution is 7.89. The van der Waals surface area contributed by atoms with Gasteiger partial charge >= 0.3 is 0 Å². The first-order chi connectivity index (χ1) is 8.59. The molecule has 1 unspecified atom stereocenters. The fraction of sp³-hybridized carbons (Fsp3) is 0.571. The van der Waals surface area contributed by atoms with Crippen molar-refractivity contribution in [2.24, 2.45) is 10.6 Å². The second-order valence-electron chi connectivity index (χ2n) is 6.10. The Morgan fingerprint density at radius 3 is 2.47 bits per heavy atom. The number of nitrogens with one attached hydrogen (secondary N) is 1. The summed E-state index contributed by atoms with van der Waals surface area (Å²) in [5.74, 6) is 0. The molecule has 5 heteroatoms. The van der Waals surface area contributed by atoms with E-state index in [2.05, 4.69) is 26.1 Å². The fourth-order valence-electron chi connectivity index (χ4n) is 1.74. The van der Waals surface area contributed by atoms with Gasteiger partial charge in [-0.05, 0) is 43.0 Å². The Hall–Kier alpha value is -0.910. The van der Waals surface area contributed by atoms with Crippen LogP contribution in [0.1, 0.15) is 45.7 Å². The highest BCUT2D eigenvalue weighted by Gasteiger charge is 2.13. The fourth-order valence-corrected chi connectivity index (χ4v) is 2.31. The quantitative estimate of drug-likeness (QED) is 0.872. The molecule has 0 radical (unpaired) electrons. The highest BCUT2D eigenvalue weighted by Crippen LogP contribution is 2.20. The zero-order chi connectivity index (χ0) is 14.7. The van der Waals surface area contributed by atoms with Gasteiger partial charge in [0.1, 0.15) is 0 Å². The van der Waals surface area contributed by atoms with E-state index in [9.17, 15) is 8.42 Å². The molecule has 0 aliphatic carbocycles. The molecule has 0 spiro atoms. The van der Waals surface area contributed by atoms with Gasteiger partial charge in [-0.2, -0.15) is 0 Å². The van der Waals surface area contributed by atoms with Crippen LogP contribution in [0.25, 0.3) is 0 Å². The van der Waals surface area contributed by atoms with E-state index in [1.807, 2.05) is 13.0 Å². The molecular formula is C14H24N2O2S. The van der Waals surface area contributed by atoms with Gasteiger partial charge in [-0.3, -0.25) is 0 Å². The molecule has 1 atom stereocenters. The number of primary sulfonamides is 1. The van der Waals surface area contributed by atoms with Crippen LogP contribution in [0, 0.1) is 5.41 Å². The molecule has 0 bridgehead atoms. The van der Waals surface area contributed by atoms with Gasteiger partial charge < -0.3 is 5.32 Å². The molecule has 19 heavy (non-hydrogen) atoms. The summed E-state index contributed by atoms with van der Waals surface area (Å²) < 4.78 is 22.6. The largest absolute Gasteiger partial charge is 0.310 e. The Morgan fingerprint density at radius 1 is 1.32 bits per heavy atom. The molecule has 0 heterocycles. The lowest BCUT2D eigenvalue weighted by Gasteiger charge is -2.21. The highest BCUT2D eigenvalue weighted by atomic mass is 32.2. The van der Waals surface area contributed by atoms with Gasteiger partial charge in [0.05, 0.1) is 4.90 Å². The SMILES string of the molecule is CC(NCCC(C)(C)C)c1cccc(S(N)(=O)=O)c1. The van der Waals surface area contributed by atoms with E-state index >= 15 is 0 Å². The molecule has 1 rings (SSSR count). The zero-order valence-electron chi connectivity index (χ0n) is 12.1. The van der Waals surface area contributed by atoms with Crippen LogP contribution in [0.15, 0.2) is 29.2 Å². The second-order valence-corrected chi connectivity index (χ2v) is 7.67. The van der Waals surface area contributed by atoms with Crippen LogP contribution in [0.4, 0.5) is 0 Å². The number of sulfonamides is 1.